The highest BCUT2D eigenvalue weighted by molar-refractivity contribution is 6.08. The summed E-state index contributed by atoms with van der Waals surface area (Å²) in [4.78, 5) is 101. The van der Waals surface area contributed by atoms with E-state index < -0.39 is 83.5 Å². The normalized spacial score (nSPS) is 23.6. The zero-order chi connectivity index (χ0) is 42.3. The topological polar surface area (TPSA) is 234 Å². The Morgan fingerprint density at radius 1 is 0.810 bits per heavy atom. The molecule has 0 radical (unpaired) electrons. The summed E-state index contributed by atoms with van der Waals surface area (Å²) < 4.78 is 5.28. The average Bonchev–Trinajstić information content (AvgIpc) is 3.91. The van der Waals surface area contributed by atoms with E-state index in [-0.39, 0.29) is 50.5 Å². The standard InChI is InChI=1S/C42H56N8O8/c1-23(2)17-31-38(54)48-32(18-26-11-13-28(58-6)14-12-26)37(53)45-25(5)36(52)49-34(24(3)4)21-50(41(57)42(15-16-42)40(43)56)22-35(51)46-33(39(55)47-31)19-27-20-44-30-10-8-7-9-29(27)30/h7-14,20,23-25,31-34,44H,15-19,21-22H2,1-6H3,(H2,43,56)(H,45,53)(H,46,51)(H,47,55)(H,48,54)(H,49,52)/t25-,31+,32+,33-,34-/m1/s1. The number of carbonyl (C=O) groups excluding carboxylic acids is 7. The van der Waals surface area contributed by atoms with Gasteiger partial charge in [0.15, 0.2) is 0 Å². The number of hydrogen-bond acceptors (Lipinski definition) is 8. The summed E-state index contributed by atoms with van der Waals surface area (Å²) in [6.45, 7) is 8.17. The summed E-state index contributed by atoms with van der Waals surface area (Å²) in [6.07, 6.45) is 2.42. The van der Waals surface area contributed by atoms with Gasteiger partial charge in [0.25, 0.3) is 0 Å². The Balaban J connectivity index is 1.54. The van der Waals surface area contributed by atoms with E-state index in [4.69, 9.17) is 10.5 Å². The van der Waals surface area contributed by atoms with Crippen LogP contribution < -0.4 is 37.1 Å². The molecule has 312 valence electrons. The van der Waals surface area contributed by atoms with Crippen LogP contribution in [0.3, 0.4) is 0 Å². The number of nitrogens with zero attached hydrogens (tertiary/aromatic N) is 1. The Kier molecular flexibility index (Phi) is 13.8. The van der Waals surface area contributed by atoms with E-state index in [1.54, 1.807) is 30.5 Å². The van der Waals surface area contributed by atoms with Crippen molar-refractivity contribution >= 4 is 52.3 Å². The largest absolute Gasteiger partial charge is 0.497 e. The van der Waals surface area contributed by atoms with Crippen LogP contribution in [0.5, 0.6) is 5.75 Å². The molecule has 0 spiro atoms. The fraction of sp³-hybridized carbons (Fsp3) is 0.500. The highest BCUT2D eigenvalue weighted by Gasteiger charge is 2.57. The highest BCUT2D eigenvalue weighted by atomic mass is 16.5. The summed E-state index contributed by atoms with van der Waals surface area (Å²) in [5.74, 6) is -4.43. The van der Waals surface area contributed by atoms with Crippen LogP contribution in [-0.4, -0.2) is 102 Å². The van der Waals surface area contributed by atoms with E-state index in [0.717, 1.165) is 16.5 Å². The number of fused-ring (bicyclic) bond motifs is 1. The summed E-state index contributed by atoms with van der Waals surface area (Å²) in [5, 5.41) is 14.9. The second-order valence-corrected chi connectivity index (χ2v) is 16.2. The maximum atomic E-state index is 14.3. The fourth-order valence-electron chi connectivity index (χ4n) is 7.16. The van der Waals surface area contributed by atoms with Gasteiger partial charge in [0.1, 0.15) is 35.3 Å². The van der Waals surface area contributed by atoms with Crippen molar-refractivity contribution in [3.05, 3.63) is 65.9 Å². The monoisotopic (exact) mass is 800 g/mol. The highest BCUT2D eigenvalue weighted by Crippen LogP contribution is 2.47. The van der Waals surface area contributed by atoms with Gasteiger partial charge in [-0.25, -0.2) is 0 Å². The molecule has 5 rings (SSSR count). The van der Waals surface area contributed by atoms with Crippen LogP contribution in [0.1, 0.15) is 65.0 Å². The molecule has 0 bridgehead atoms. The summed E-state index contributed by atoms with van der Waals surface area (Å²) in [5.41, 5.74) is 6.44. The lowest BCUT2D eigenvalue weighted by Gasteiger charge is -2.33. The minimum absolute atomic E-state index is 0.0157. The SMILES string of the molecule is COc1ccc(C[C@@H]2NC(=O)[C@H](CC(C)C)NC(=O)[C@@H](Cc3c[nH]c4ccccc34)NC(=O)CN(C(=O)C3(C(N)=O)CC3)C[C@H](C(C)C)NC(=O)[C@@H](C)NC2=O)cc1. The second kappa shape index (κ2) is 18.6. The molecule has 2 aliphatic rings. The van der Waals surface area contributed by atoms with Crippen molar-refractivity contribution in [2.75, 3.05) is 20.2 Å². The van der Waals surface area contributed by atoms with Gasteiger partial charge in [0.2, 0.25) is 41.4 Å². The van der Waals surface area contributed by atoms with E-state index in [2.05, 4.69) is 31.6 Å². The van der Waals surface area contributed by atoms with Gasteiger partial charge in [-0.1, -0.05) is 58.0 Å². The summed E-state index contributed by atoms with van der Waals surface area (Å²) in [6, 6.07) is 9.10. The van der Waals surface area contributed by atoms with Crippen molar-refractivity contribution < 1.29 is 38.3 Å². The van der Waals surface area contributed by atoms with E-state index in [0.29, 0.717) is 11.3 Å². The lowest BCUT2D eigenvalue weighted by atomic mass is 9.99. The molecule has 16 heteroatoms. The number of H-pyrrole nitrogens is 1. The number of methoxy groups -OCH3 is 1. The molecule has 2 aromatic carbocycles. The van der Waals surface area contributed by atoms with Crippen molar-refractivity contribution in [3.63, 3.8) is 0 Å². The summed E-state index contributed by atoms with van der Waals surface area (Å²) >= 11 is 0. The molecular weight excluding hydrogens is 745 g/mol. The van der Waals surface area contributed by atoms with Gasteiger partial charge in [-0.3, -0.25) is 33.6 Å². The number of aromatic nitrogens is 1. The third kappa shape index (κ3) is 10.5. The molecule has 7 amide bonds. The first kappa shape index (κ1) is 43.2. The van der Waals surface area contributed by atoms with Gasteiger partial charge >= 0.3 is 0 Å². The number of para-hydroxylation sites is 1. The zero-order valence-electron chi connectivity index (χ0n) is 34.0. The van der Waals surface area contributed by atoms with Crippen LogP contribution in [0, 0.1) is 17.3 Å². The van der Waals surface area contributed by atoms with Gasteiger partial charge in [-0.05, 0) is 67.3 Å². The minimum Gasteiger partial charge on any atom is -0.497 e. The first-order chi connectivity index (χ1) is 27.5. The predicted octanol–water partition coefficient (Wildman–Crippen LogP) is 1.22. The molecule has 0 unspecified atom stereocenters. The van der Waals surface area contributed by atoms with Crippen molar-refractivity contribution in [1.29, 1.82) is 0 Å². The Morgan fingerprint density at radius 3 is 2.05 bits per heavy atom. The van der Waals surface area contributed by atoms with Crippen LogP contribution in [0.15, 0.2) is 54.7 Å². The van der Waals surface area contributed by atoms with E-state index >= 15 is 0 Å². The maximum absolute atomic E-state index is 14.3. The number of nitrogens with two attached hydrogens (primary N) is 1. The number of benzene rings is 2. The van der Waals surface area contributed by atoms with Gasteiger partial charge in [-0.2, -0.15) is 0 Å². The Bertz CT molecular complexity index is 2010. The molecule has 16 nitrogen and oxygen atoms in total. The van der Waals surface area contributed by atoms with Gasteiger partial charge in [-0.15, -0.1) is 0 Å². The maximum Gasteiger partial charge on any atom is 0.243 e. The van der Waals surface area contributed by atoms with Gasteiger partial charge in [0.05, 0.1) is 13.7 Å². The molecule has 1 aliphatic carbocycles. The lowest BCUT2D eigenvalue weighted by Crippen LogP contribution is -2.61. The number of nitrogens with one attached hydrogen (secondary N) is 6. The van der Waals surface area contributed by atoms with Crippen LogP contribution in [0.2, 0.25) is 0 Å². The molecule has 1 saturated heterocycles. The van der Waals surface area contributed by atoms with Crippen molar-refractivity contribution in [1.82, 2.24) is 36.5 Å². The third-order valence-corrected chi connectivity index (χ3v) is 10.9. The van der Waals surface area contributed by atoms with Gasteiger partial charge < -0.3 is 46.9 Å². The van der Waals surface area contributed by atoms with Crippen LogP contribution >= 0.6 is 0 Å². The van der Waals surface area contributed by atoms with E-state index in [9.17, 15) is 33.6 Å². The first-order valence-electron chi connectivity index (χ1n) is 19.8. The van der Waals surface area contributed by atoms with Crippen LogP contribution in [-0.2, 0) is 46.4 Å². The molecule has 8 N–H and O–H groups in total. The van der Waals surface area contributed by atoms with Crippen LogP contribution in [0.25, 0.3) is 10.9 Å². The predicted molar refractivity (Wildman–Crippen MR) is 216 cm³/mol. The quantitative estimate of drug-likeness (QED) is 0.147. The molecule has 58 heavy (non-hydrogen) atoms. The third-order valence-electron chi connectivity index (χ3n) is 10.9. The second-order valence-electron chi connectivity index (χ2n) is 16.2. The number of ether oxygens (including phenoxy) is 1. The molecule has 1 aliphatic heterocycles. The molecule has 5 atom stereocenters. The lowest BCUT2D eigenvalue weighted by molar-refractivity contribution is -0.146. The Morgan fingerprint density at radius 2 is 1.43 bits per heavy atom. The average molecular weight is 801 g/mol. The Labute approximate surface area is 338 Å². The van der Waals surface area contributed by atoms with E-state index in [1.807, 2.05) is 52.0 Å². The van der Waals surface area contributed by atoms with Crippen molar-refractivity contribution in [2.45, 2.75) is 96.9 Å². The van der Waals surface area contributed by atoms with Gasteiger partial charge in [0, 0.05) is 42.5 Å². The molecule has 1 saturated carbocycles. The smallest absolute Gasteiger partial charge is 0.243 e. The van der Waals surface area contributed by atoms with Crippen LogP contribution in [0.4, 0.5) is 0 Å². The number of aromatic amines is 1. The number of carbonyl (C=O) groups is 7. The zero-order valence-corrected chi connectivity index (χ0v) is 34.0. The molecular formula is C42H56N8O8. The Hall–Kier alpha value is -5.93. The minimum atomic E-state index is -1.48. The number of amides is 7. The molecule has 2 heterocycles. The fourth-order valence-corrected chi connectivity index (χ4v) is 7.16. The van der Waals surface area contributed by atoms with E-state index in [1.165, 1.54) is 18.9 Å². The molecule has 2 fully saturated rings. The number of rotatable bonds is 10. The first-order valence-corrected chi connectivity index (χ1v) is 19.8. The summed E-state index contributed by atoms with van der Waals surface area (Å²) in [7, 11) is 1.53. The number of primary amides is 1. The molecule has 3 aromatic rings. The number of hydrogen-bond donors (Lipinski definition) is 7. The van der Waals surface area contributed by atoms with Crippen molar-refractivity contribution in [3.8, 4) is 5.75 Å². The van der Waals surface area contributed by atoms with Crippen molar-refractivity contribution in [2.24, 2.45) is 23.0 Å². The molecule has 1 aromatic heterocycles.